The van der Waals surface area contributed by atoms with E-state index in [1.807, 2.05) is 42.5 Å². The Bertz CT molecular complexity index is 1200. The highest BCUT2D eigenvalue weighted by Gasteiger charge is 2.19. The van der Waals surface area contributed by atoms with Gasteiger partial charge in [0.2, 0.25) is 0 Å². The number of aromatic nitrogens is 3. The third-order valence-electron chi connectivity index (χ3n) is 5.25. The van der Waals surface area contributed by atoms with Crippen LogP contribution in [0.1, 0.15) is 12.8 Å². The summed E-state index contributed by atoms with van der Waals surface area (Å²) in [5, 5.41) is 8.72. The van der Waals surface area contributed by atoms with Crippen LogP contribution in [0.4, 0.5) is 0 Å². The molecule has 148 valence electrons. The van der Waals surface area contributed by atoms with Crippen LogP contribution in [-0.2, 0) is 0 Å². The van der Waals surface area contributed by atoms with Crippen LogP contribution in [0.3, 0.4) is 0 Å². The van der Waals surface area contributed by atoms with E-state index in [2.05, 4.69) is 31.8 Å². The zero-order chi connectivity index (χ0) is 19.8. The van der Waals surface area contributed by atoms with Gasteiger partial charge in [0.15, 0.2) is 11.6 Å². The number of hydrogen-bond donors (Lipinski definition) is 1. The summed E-state index contributed by atoms with van der Waals surface area (Å²) in [6.07, 6.45) is 2.26. The number of nitrogens with zero attached hydrogens (tertiary/aromatic N) is 3. The van der Waals surface area contributed by atoms with E-state index in [1.54, 1.807) is 0 Å². The molecule has 8 heteroatoms. The molecule has 0 radical (unpaired) electrons. The third-order valence-corrected chi connectivity index (χ3v) is 5.25. The second kappa shape index (κ2) is 7.21. The van der Waals surface area contributed by atoms with Gasteiger partial charge in [0.1, 0.15) is 17.4 Å². The lowest BCUT2D eigenvalue weighted by Crippen LogP contribution is -2.35. The second-order valence-electron chi connectivity index (χ2n) is 7.34. The predicted molar refractivity (Wildman–Crippen MR) is 107 cm³/mol. The van der Waals surface area contributed by atoms with E-state index in [0.29, 0.717) is 17.1 Å². The number of benzene rings is 2. The highest BCUT2D eigenvalue weighted by Crippen LogP contribution is 2.33. The Labute approximate surface area is 166 Å². The molecule has 4 aromatic rings. The highest BCUT2D eigenvalue weighted by molar-refractivity contribution is 5.94. The minimum absolute atomic E-state index is 0.225. The van der Waals surface area contributed by atoms with Gasteiger partial charge in [-0.25, -0.2) is 4.79 Å². The SMILES string of the molecule is CN1CCC(Oc2cccc(-c3onc4ccc(-c5noc(=O)[nH]5)cc34)c2)CC1. The molecule has 0 amide bonds. The monoisotopic (exact) mass is 392 g/mol. The van der Waals surface area contributed by atoms with Crippen LogP contribution in [0, 0.1) is 0 Å². The quantitative estimate of drug-likeness (QED) is 0.569. The largest absolute Gasteiger partial charge is 0.490 e. The first-order valence-corrected chi connectivity index (χ1v) is 9.57. The summed E-state index contributed by atoms with van der Waals surface area (Å²) in [6.45, 7) is 2.09. The molecule has 3 heterocycles. The smallest absolute Gasteiger partial charge is 0.439 e. The number of aromatic amines is 1. The number of H-pyrrole nitrogens is 1. The number of likely N-dealkylation sites (tertiary alicyclic amines) is 1. The van der Waals surface area contributed by atoms with Crippen LogP contribution in [0.25, 0.3) is 33.6 Å². The Hall–Kier alpha value is -3.39. The molecule has 29 heavy (non-hydrogen) atoms. The van der Waals surface area contributed by atoms with Crippen molar-refractivity contribution in [1.82, 2.24) is 20.2 Å². The van der Waals surface area contributed by atoms with E-state index in [4.69, 9.17) is 9.26 Å². The molecule has 0 atom stereocenters. The molecule has 1 aliphatic rings. The van der Waals surface area contributed by atoms with Crippen LogP contribution >= 0.6 is 0 Å². The van der Waals surface area contributed by atoms with Gasteiger partial charge in [-0.15, -0.1) is 0 Å². The molecule has 1 saturated heterocycles. The first kappa shape index (κ1) is 17.7. The van der Waals surface area contributed by atoms with Crippen LogP contribution in [-0.4, -0.2) is 46.4 Å². The fourth-order valence-corrected chi connectivity index (χ4v) is 3.66. The van der Waals surface area contributed by atoms with Gasteiger partial charge in [-0.1, -0.05) is 22.4 Å². The van der Waals surface area contributed by atoms with Crippen molar-refractivity contribution in [3.8, 4) is 28.5 Å². The number of hydrogen-bond acceptors (Lipinski definition) is 7. The Kier molecular flexibility index (Phi) is 4.40. The fourth-order valence-electron chi connectivity index (χ4n) is 3.66. The van der Waals surface area contributed by atoms with E-state index in [0.717, 1.165) is 48.1 Å². The summed E-state index contributed by atoms with van der Waals surface area (Å²) in [7, 11) is 2.13. The summed E-state index contributed by atoms with van der Waals surface area (Å²) < 4.78 is 16.4. The minimum Gasteiger partial charge on any atom is -0.490 e. The molecule has 0 bridgehead atoms. The first-order chi connectivity index (χ1) is 14.2. The normalized spacial score (nSPS) is 15.8. The van der Waals surface area contributed by atoms with Gasteiger partial charge < -0.3 is 14.2 Å². The summed E-state index contributed by atoms with van der Waals surface area (Å²) in [5.41, 5.74) is 2.31. The van der Waals surface area contributed by atoms with Crippen molar-refractivity contribution in [2.45, 2.75) is 18.9 Å². The van der Waals surface area contributed by atoms with Crippen molar-refractivity contribution in [1.29, 1.82) is 0 Å². The summed E-state index contributed by atoms with van der Waals surface area (Å²) >= 11 is 0. The van der Waals surface area contributed by atoms with E-state index < -0.39 is 5.76 Å². The van der Waals surface area contributed by atoms with Gasteiger partial charge in [0, 0.05) is 24.2 Å². The maximum Gasteiger partial charge on any atom is 0.439 e. The van der Waals surface area contributed by atoms with E-state index >= 15 is 0 Å². The molecule has 0 aliphatic carbocycles. The predicted octanol–water partition coefficient (Wildman–Crippen LogP) is 3.31. The molecular weight excluding hydrogens is 372 g/mol. The molecule has 0 spiro atoms. The molecule has 0 unspecified atom stereocenters. The van der Waals surface area contributed by atoms with Crippen LogP contribution < -0.4 is 10.5 Å². The first-order valence-electron chi connectivity index (χ1n) is 9.57. The average molecular weight is 392 g/mol. The standard InChI is InChI=1S/C21H20N4O4/c1-25-9-7-15(8-10-25)27-16-4-2-3-13(11-16)19-17-12-14(5-6-18(17)23-28-19)20-22-21(26)29-24-20/h2-6,11-12,15H,7-10H2,1H3,(H,22,24,26). The van der Waals surface area contributed by atoms with E-state index in [1.165, 1.54) is 0 Å². The second-order valence-corrected chi connectivity index (χ2v) is 7.34. The van der Waals surface area contributed by atoms with Crippen molar-refractivity contribution in [2.24, 2.45) is 0 Å². The number of fused-ring (bicyclic) bond motifs is 1. The zero-order valence-corrected chi connectivity index (χ0v) is 15.9. The Balaban J connectivity index is 1.46. The van der Waals surface area contributed by atoms with Crippen molar-refractivity contribution < 1.29 is 13.8 Å². The molecule has 1 N–H and O–H groups in total. The zero-order valence-electron chi connectivity index (χ0n) is 15.9. The number of ether oxygens (including phenoxy) is 1. The van der Waals surface area contributed by atoms with Gasteiger partial charge >= 0.3 is 5.76 Å². The van der Waals surface area contributed by atoms with Gasteiger partial charge in [0.05, 0.1) is 5.39 Å². The fraction of sp³-hybridized carbons (Fsp3) is 0.286. The number of rotatable bonds is 4. The Morgan fingerprint density at radius 3 is 2.72 bits per heavy atom. The van der Waals surface area contributed by atoms with Crippen LogP contribution in [0.2, 0.25) is 0 Å². The molecule has 1 fully saturated rings. The maximum atomic E-state index is 11.3. The molecular formula is C21H20N4O4. The molecule has 0 saturated carbocycles. The molecule has 8 nitrogen and oxygen atoms in total. The van der Waals surface area contributed by atoms with Crippen LogP contribution in [0.5, 0.6) is 5.75 Å². The molecule has 5 rings (SSSR count). The van der Waals surface area contributed by atoms with E-state index in [9.17, 15) is 4.79 Å². The topological polar surface area (TPSA) is 97.4 Å². The van der Waals surface area contributed by atoms with Crippen LogP contribution in [0.15, 0.2) is 56.3 Å². The Morgan fingerprint density at radius 1 is 1.07 bits per heavy atom. The van der Waals surface area contributed by atoms with Crippen molar-refractivity contribution >= 4 is 10.9 Å². The minimum atomic E-state index is -0.593. The Morgan fingerprint density at radius 2 is 1.93 bits per heavy atom. The number of nitrogens with one attached hydrogen (secondary N) is 1. The lowest BCUT2D eigenvalue weighted by molar-refractivity contribution is 0.114. The lowest BCUT2D eigenvalue weighted by Gasteiger charge is -2.29. The van der Waals surface area contributed by atoms with Gasteiger partial charge in [0.25, 0.3) is 0 Å². The number of piperidine rings is 1. The molecule has 2 aromatic heterocycles. The third kappa shape index (κ3) is 3.54. The lowest BCUT2D eigenvalue weighted by atomic mass is 10.1. The summed E-state index contributed by atoms with van der Waals surface area (Å²) in [4.78, 5) is 16.1. The van der Waals surface area contributed by atoms with Gasteiger partial charge in [-0.3, -0.25) is 9.51 Å². The summed E-state index contributed by atoms with van der Waals surface area (Å²) in [6, 6.07) is 13.4. The van der Waals surface area contributed by atoms with Gasteiger partial charge in [-0.2, -0.15) is 0 Å². The van der Waals surface area contributed by atoms with Crippen molar-refractivity contribution in [3.05, 3.63) is 53.0 Å². The molecule has 1 aliphatic heterocycles. The van der Waals surface area contributed by atoms with Crippen molar-refractivity contribution in [2.75, 3.05) is 20.1 Å². The van der Waals surface area contributed by atoms with Crippen molar-refractivity contribution in [3.63, 3.8) is 0 Å². The molecule has 2 aromatic carbocycles. The average Bonchev–Trinajstić information content (AvgIpc) is 3.36. The summed E-state index contributed by atoms with van der Waals surface area (Å²) in [5.74, 6) is 1.23. The van der Waals surface area contributed by atoms with Gasteiger partial charge in [-0.05, 0) is 50.2 Å². The van der Waals surface area contributed by atoms with E-state index in [-0.39, 0.29) is 6.10 Å². The maximum absolute atomic E-state index is 11.3. The highest BCUT2D eigenvalue weighted by atomic mass is 16.5.